The summed E-state index contributed by atoms with van der Waals surface area (Å²) in [5.74, 6) is 0.895. The Hall–Kier alpha value is -0.870. The number of halogens is 1. The number of aliphatic hydroxyl groups excluding tert-OH is 1. The lowest BCUT2D eigenvalue weighted by atomic mass is 10.0. The van der Waals surface area contributed by atoms with E-state index >= 15 is 0 Å². The van der Waals surface area contributed by atoms with E-state index in [2.05, 4.69) is 14.9 Å². The zero-order valence-corrected chi connectivity index (χ0v) is 10.8. The largest absolute Gasteiger partial charge is 0.394 e. The Labute approximate surface area is 107 Å². The Morgan fingerprint density at radius 1 is 1.47 bits per heavy atom. The van der Waals surface area contributed by atoms with Crippen molar-refractivity contribution >= 4 is 17.4 Å². The molecular weight excluding hydrogens is 238 g/mol. The van der Waals surface area contributed by atoms with Crippen LogP contribution in [0.4, 0.5) is 5.82 Å². The molecule has 0 aliphatic carbocycles. The second-order valence-electron chi connectivity index (χ2n) is 4.35. The molecule has 4 nitrogen and oxygen atoms in total. The van der Waals surface area contributed by atoms with E-state index in [0.29, 0.717) is 5.15 Å². The summed E-state index contributed by atoms with van der Waals surface area (Å²) in [6.45, 7) is 3.16. The normalized spacial score (nSPS) is 20.6. The lowest BCUT2D eigenvalue weighted by Gasteiger charge is -2.36. The molecular formula is C12H18ClN3O. The highest BCUT2D eigenvalue weighted by atomic mass is 35.5. The Bertz CT molecular complexity index is 386. The van der Waals surface area contributed by atoms with E-state index in [1.54, 1.807) is 0 Å². The summed E-state index contributed by atoms with van der Waals surface area (Å²) in [7, 11) is 0. The van der Waals surface area contributed by atoms with Crippen molar-refractivity contribution in [3.63, 3.8) is 0 Å². The van der Waals surface area contributed by atoms with Crippen LogP contribution in [-0.4, -0.2) is 34.3 Å². The molecule has 2 rings (SSSR count). The van der Waals surface area contributed by atoms with Crippen molar-refractivity contribution in [2.45, 2.75) is 38.6 Å². The van der Waals surface area contributed by atoms with Gasteiger partial charge in [-0.25, -0.2) is 9.97 Å². The third-order valence-electron chi connectivity index (χ3n) is 3.33. The maximum Gasteiger partial charge on any atom is 0.137 e. The van der Waals surface area contributed by atoms with Gasteiger partial charge in [0.1, 0.15) is 17.3 Å². The van der Waals surface area contributed by atoms with Gasteiger partial charge >= 0.3 is 0 Å². The topological polar surface area (TPSA) is 49.2 Å². The number of rotatable bonds is 3. The summed E-state index contributed by atoms with van der Waals surface area (Å²) in [6.07, 6.45) is 5.63. The van der Waals surface area contributed by atoms with E-state index in [1.165, 1.54) is 12.7 Å². The maximum atomic E-state index is 9.44. The van der Waals surface area contributed by atoms with Crippen LogP contribution in [0.2, 0.25) is 5.15 Å². The van der Waals surface area contributed by atoms with Crippen LogP contribution in [0.1, 0.15) is 31.7 Å². The second kappa shape index (κ2) is 5.65. The molecule has 17 heavy (non-hydrogen) atoms. The molecule has 1 aliphatic heterocycles. The standard InChI is InChI=1S/C12H18ClN3O/c1-2-10-11(13)14-8-15-12(10)16-6-4-3-5-9(16)7-17/h8-9,17H,2-7H2,1H3. The molecule has 2 heterocycles. The van der Waals surface area contributed by atoms with Gasteiger partial charge in [0, 0.05) is 12.1 Å². The molecule has 1 saturated heterocycles. The number of piperidine rings is 1. The minimum atomic E-state index is 0.167. The third-order valence-corrected chi connectivity index (χ3v) is 3.66. The minimum Gasteiger partial charge on any atom is -0.394 e. The highest BCUT2D eigenvalue weighted by molar-refractivity contribution is 6.30. The highest BCUT2D eigenvalue weighted by Crippen LogP contribution is 2.29. The zero-order chi connectivity index (χ0) is 12.3. The lowest BCUT2D eigenvalue weighted by molar-refractivity contribution is 0.239. The van der Waals surface area contributed by atoms with Crippen LogP contribution >= 0.6 is 11.6 Å². The second-order valence-corrected chi connectivity index (χ2v) is 4.70. The molecule has 1 N–H and O–H groups in total. The Kier molecular flexibility index (Phi) is 4.18. The van der Waals surface area contributed by atoms with Crippen molar-refractivity contribution in [2.75, 3.05) is 18.1 Å². The van der Waals surface area contributed by atoms with Crippen LogP contribution in [0.15, 0.2) is 6.33 Å². The quantitative estimate of drug-likeness (QED) is 0.840. The Morgan fingerprint density at radius 3 is 3.00 bits per heavy atom. The summed E-state index contributed by atoms with van der Waals surface area (Å²) in [4.78, 5) is 10.5. The first-order chi connectivity index (χ1) is 8.27. The molecule has 0 saturated carbocycles. The SMILES string of the molecule is CCc1c(Cl)ncnc1N1CCCCC1CO. The number of anilines is 1. The molecule has 0 bridgehead atoms. The van der Waals surface area contributed by atoms with Crippen molar-refractivity contribution in [1.82, 2.24) is 9.97 Å². The Morgan fingerprint density at radius 2 is 2.29 bits per heavy atom. The third kappa shape index (κ3) is 2.53. The van der Waals surface area contributed by atoms with Crippen LogP contribution in [-0.2, 0) is 6.42 Å². The molecule has 0 radical (unpaired) electrons. The fourth-order valence-corrected chi connectivity index (χ4v) is 2.66. The van der Waals surface area contributed by atoms with Crippen molar-refractivity contribution in [1.29, 1.82) is 0 Å². The van der Waals surface area contributed by atoms with Gasteiger partial charge in [-0.1, -0.05) is 18.5 Å². The fourth-order valence-electron chi connectivity index (χ4n) is 2.40. The fraction of sp³-hybridized carbons (Fsp3) is 0.667. The summed E-state index contributed by atoms with van der Waals surface area (Å²) < 4.78 is 0. The lowest BCUT2D eigenvalue weighted by Crippen LogP contribution is -2.43. The van der Waals surface area contributed by atoms with E-state index in [4.69, 9.17) is 11.6 Å². The van der Waals surface area contributed by atoms with E-state index in [9.17, 15) is 5.11 Å². The van der Waals surface area contributed by atoms with Gasteiger partial charge in [-0.2, -0.15) is 0 Å². The van der Waals surface area contributed by atoms with Gasteiger partial charge in [0.15, 0.2) is 0 Å². The van der Waals surface area contributed by atoms with Gasteiger partial charge < -0.3 is 10.0 Å². The van der Waals surface area contributed by atoms with Gasteiger partial charge in [0.05, 0.1) is 12.6 Å². The summed E-state index contributed by atoms with van der Waals surface area (Å²) in [5, 5.41) is 9.97. The average Bonchev–Trinajstić information content (AvgIpc) is 2.38. The molecule has 0 aromatic carbocycles. The van der Waals surface area contributed by atoms with Crippen molar-refractivity contribution in [2.24, 2.45) is 0 Å². The highest BCUT2D eigenvalue weighted by Gasteiger charge is 2.25. The van der Waals surface area contributed by atoms with Crippen LogP contribution in [0.5, 0.6) is 0 Å². The van der Waals surface area contributed by atoms with Crippen molar-refractivity contribution in [3.05, 3.63) is 17.0 Å². The molecule has 0 amide bonds. The van der Waals surface area contributed by atoms with Gasteiger partial charge in [-0.3, -0.25) is 0 Å². The van der Waals surface area contributed by atoms with Crippen LogP contribution in [0.3, 0.4) is 0 Å². The van der Waals surface area contributed by atoms with Gasteiger partial charge in [-0.05, 0) is 25.7 Å². The summed E-state index contributed by atoms with van der Waals surface area (Å²) in [6, 6.07) is 0.167. The number of aromatic nitrogens is 2. The molecule has 1 atom stereocenters. The molecule has 1 aromatic rings. The van der Waals surface area contributed by atoms with Gasteiger partial charge in [-0.15, -0.1) is 0 Å². The van der Waals surface area contributed by atoms with Crippen molar-refractivity contribution < 1.29 is 5.11 Å². The summed E-state index contributed by atoms with van der Waals surface area (Å²) >= 11 is 6.10. The van der Waals surface area contributed by atoms with E-state index in [0.717, 1.165) is 37.2 Å². The predicted molar refractivity (Wildman–Crippen MR) is 68.5 cm³/mol. The first-order valence-corrected chi connectivity index (χ1v) is 6.52. The molecule has 1 fully saturated rings. The maximum absolute atomic E-state index is 9.44. The smallest absolute Gasteiger partial charge is 0.137 e. The Balaban J connectivity index is 2.34. The zero-order valence-electron chi connectivity index (χ0n) is 10.1. The first-order valence-electron chi connectivity index (χ1n) is 6.14. The number of hydrogen-bond acceptors (Lipinski definition) is 4. The van der Waals surface area contributed by atoms with Gasteiger partial charge in [0.2, 0.25) is 0 Å². The van der Waals surface area contributed by atoms with Crippen LogP contribution < -0.4 is 4.90 Å². The van der Waals surface area contributed by atoms with Gasteiger partial charge in [0.25, 0.3) is 0 Å². The summed E-state index contributed by atoms with van der Waals surface area (Å²) in [5.41, 5.74) is 0.981. The molecule has 94 valence electrons. The van der Waals surface area contributed by atoms with E-state index < -0.39 is 0 Å². The number of nitrogens with zero attached hydrogens (tertiary/aromatic N) is 3. The van der Waals surface area contributed by atoms with E-state index in [1.807, 2.05) is 6.92 Å². The molecule has 1 aromatic heterocycles. The molecule has 5 heteroatoms. The average molecular weight is 256 g/mol. The monoisotopic (exact) mass is 255 g/mol. The molecule has 1 aliphatic rings. The number of hydrogen-bond donors (Lipinski definition) is 1. The van der Waals surface area contributed by atoms with Crippen LogP contribution in [0.25, 0.3) is 0 Å². The predicted octanol–water partition coefficient (Wildman–Crippen LogP) is 2.04. The minimum absolute atomic E-state index is 0.167. The molecule has 1 unspecified atom stereocenters. The van der Waals surface area contributed by atoms with E-state index in [-0.39, 0.29) is 12.6 Å². The number of aliphatic hydroxyl groups is 1. The molecule has 0 spiro atoms. The van der Waals surface area contributed by atoms with Crippen LogP contribution in [0, 0.1) is 0 Å². The van der Waals surface area contributed by atoms with Crippen molar-refractivity contribution in [3.8, 4) is 0 Å². The first kappa shape index (κ1) is 12.6.